The van der Waals surface area contributed by atoms with Gasteiger partial charge in [-0.3, -0.25) is 4.99 Å². The van der Waals surface area contributed by atoms with Crippen LogP contribution in [0.4, 0.5) is 8.78 Å². The summed E-state index contributed by atoms with van der Waals surface area (Å²) in [7, 11) is 2.04. The van der Waals surface area contributed by atoms with Crippen molar-refractivity contribution in [3.63, 3.8) is 0 Å². The molecule has 0 aliphatic carbocycles. The summed E-state index contributed by atoms with van der Waals surface area (Å²) in [6.07, 6.45) is 9.76. The number of amidine groups is 1. The highest BCUT2D eigenvalue weighted by Crippen LogP contribution is 2.45. The Morgan fingerprint density at radius 3 is 2.77 bits per heavy atom. The van der Waals surface area contributed by atoms with Gasteiger partial charge >= 0.3 is 0 Å². The average Bonchev–Trinajstić information content (AvgIpc) is 3.87. The lowest BCUT2D eigenvalue weighted by Gasteiger charge is -2.37. The molecule has 1 aromatic carbocycles. The van der Waals surface area contributed by atoms with Gasteiger partial charge in [-0.15, -0.1) is 11.3 Å². The number of nitrogens with one attached hydrogen (secondary N) is 2. The summed E-state index contributed by atoms with van der Waals surface area (Å²) >= 11 is 9.88. The summed E-state index contributed by atoms with van der Waals surface area (Å²) in [6, 6.07) is 4.14. The number of nitrogens with zero attached hydrogens (tertiary/aromatic N) is 5. The molecular formula is C35H42ClF2N7OS2. The molecule has 4 unspecified atom stereocenters. The van der Waals surface area contributed by atoms with Crippen molar-refractivity contribution in [2.24, 2.45) is 9.98 Å². The number of aliphatic imine (C=N–C) groups is 2. The lowest BCUT2D eigenvalue weighted by Crippen LogP contribution is -2.45. The van der Waals surface area contributed by atoms with E-state index in [1.807, 2.05) is 37.7 Å². The fraction of sp³-hybridized carbons (Fsp3) is 0.457. The zero-order valence-corrected chi connectivity index (χ0v) is 29.9. The molecule has 1 aromatic heterocycles. The van der Waals surface area contributed by atoms with Gasteiger partial charge in [0, 0.05) is 84.8 Å². The van der Waals surface area contributed by atoms with Crippen molar-refractivity contribution in [1.29, 1.82) is 0 Å². The van der Waals surface area contributed by atoms with Gasteiger partial charge in [0.1, 0.15) is 39.8 Å². The van der Waals surface area contributed by atoms with E-state index < -0.39 is 23.6 Å². The Kier molecular flexibility index (Phi) is 10.9. The number of aliphatic hydroxyl groups is 1. The quantitative estimate of drug-likeness (QED) is 0.199. The molecule has 48 heavy (non-hydrogen) atoms. The van der Waals surface area contributed by atoms with E-state index in [-0.39, 0.29) is 17.5 Å². The Morgan fingerprint density at radius 2 is 2.08 bits per heavy atom. The number of benzene rings is 1. The normalized spacial score (nSPS) is 25.5. The van der Waals surface area contributed by atoms with Crippen LogP contribution in [-0.2, 0) is 5.60 Å². The van der Waals surface area contributed by atoms with E-state index in [0.29, 0.717) is 41.4 Å². The highest BCUT2D eigenvalue weighted by atomic mass is 35.5. The Hall–Kier alpha value is -2.87. The molecule has 0 saturated carbocycles. The maximum Gasteiger partial charge on any atom is 0.138 e. The van der Waals surface area contributed by atoms with Gasteiger partial charge in [-0.1, -0.05) is 36.4 Å². The Balaban J connectivity index is 1.25. The van der Waals surface area contributed by atoms with Crippen molar-refractivity contribution in [2.45, 2.75) is 75.3 Å². The van der Waals surface area contributed by atoms with Crippen LogP contribution in [0.5, 0.6) is 0 Å². The van der Waals surface area contributed by atoms with Gasteiger partial charge in [-0.05, 0) is 62.5 Å². The summed E-state index contributed by atoms with van der Waals surface area (Å²) < 4.78 is 28.1. The highest BCUT2D eigenvalue weighted by molar-refractivity contribution is 8.03. The molecule has 6 rings (SSSR count). The Morgan fingerprint density at radius 1 is 1.25 bits per heavy atom. The van der Waals surface area contributed by atoms with Gasteiger partial charge in [0.25, 0.3) is 0 Å². The second-order valence-electron chi connectivity index (χ2n) is 12.7. The molecule has 13 heteroatoms. The lowest BCUT2D eigenvalue weighted by atomic mass is 9.91. The van der Waals surface area contributed by atoms with Gasteiger partial charge in [0.2, 0.25) is 0 Å². The first-order valence-electron chi connectivity index (χ1n) is 16.4. The summed E-state index contributed by atoms with van der Waals surface area (Å²) in [5, 5.41) is 23.5. The van der Waals surface area contributed by atoms with Crippen LogP contribution in [0.15, 0.2) is 86.6 Å². The van der Waals surface area contributed by atoms with Crippen molar-refractivity contribution in [3.05, 3.63) is 98.0 Å². The number of allylic oxidation sites excluding steroid dienone is 3. The predicted molar refractivity (Wildman–Crippen MR) is 194 cm³/mol. The predicted octanol–water partition coefficient (Wildman–Crippen LogP) is 6.70. The fourth-order valence-corrected chi connectivity index (χ4v) is 8.78. The van der Waals surface area contributed by atoms with Crippen LogP contribution in [0, 0.1) is 5.82 Å². The molecule has 0 amide bonds. The van der Waals surface area contributed by atoms with Crippen molar-refractivity contribution < 1.29 is 13.9 Å². The molecule has 1 saturated heterocycles. The summed E-state index contributed by atoms with van der Waals surface area (Å²) in [5.74, 6) is 0.496. The summed E-state index contributed by atoms with van der Waals surface area (Å²) in [4.78, 5) is 19.0. The molecule has 5 heterocycles. The third kappa shape index (κ3) is 7.49. The average molecular weight is 714 g/mol. The van der Waals surface area contributed by atoms with Crippen molar-refractivity contribution in [2.75, 3.05) is 26.7 Å². The van der Waals surface area contributed by atoms with Gasteiger partial charge in [-0.25, -0.2) is 18.8 Å². The summed E-state index contributed by atoms with van der Waals surface area (Å²) in [6.45, 7) is 7.73. The fourth-order valence-electron chi connectivity index (χ4n) is 6.71. The molecule has 1 fully saturated rings. The van der Waals surface area contributed by atoms with Crippen molar-refractivity contribution >= 4 is 46.2 Å². The van der Waals surface area contributed by atoms with Gasteiger partial charge in [-0.2, -0.15) is 0 Å². The first-order valence-corrected chi connectivity index (χ1v) is 18.6. The third-order valence-electron chi connectivity index (χ3n) is 9.09. The molecule has 2 aromatic rings. The molecule has 4 aliphatic rings. The number of alkyl halides is 1. The molecule has 0 radical (unpaired) electrons. The van der Waals surface area contributed by atoms with E-state index in [4.69, 9.17) is 21.6 Å². The zero-order chi connectivity index (χ0) is 34.0. The minimum Gasteiger partial charge on any atom is -0.383 e. The number of thiazole rings is 1. The van der Waals surface area contributed by atoms with Crippen molar-refractivity contribution in [3.8, 4) is 0 Å². The number of fused-ring (bicyclic) bond motifs is 1. The lowest BCUT2D eigenvalue weighted by molar-refractivity contribution is 0.0146. The van der Waals surface area contributed by atoms with Crippen molar-refractivity contribution in [1.82, 2.24) is 25.4 Å². The number of likely N-dealkylation sites (N-methyl/N-ethyl adjacent to an activating group) is 1. The topological polar surface area (TPSA) is 88.4 Å². The molecule has 8 nitrogen and oxygen atoms in total. The first-order chi connectivity index (χ1) is 23.1. The number of thioether (sulfide) groups is 1. The third-order valence-corrected chi connectivity index (χ3v) is 11.5. The number of hydrogen-bond acceptors (Lipinski definition) is 10. The first kappa shape index (κ1) is 35.0. The minimum absolute atomic E-state index is 0.0383. The Bertz CT molecular complexity index is 1670. The maximum absolute atomic E-state index is 14.2. The van der Waals surface area contributed by atoms with E-state index in [1.165, 1.54) is 36.5 Å². The van der Waals surface area contributed by atoms with E-state index in [2.05, 4.69) is 37.7 Å². The standard InChI is InChI=1S/C35H42ClF2N7OS2/c1-5-35(46,34-41-12-14-48-34)19-22(3)39-10-11-40-25-18-29-30(28-9-7-24(42-28)16-21(2)37)31(26-8-6-23(38)17-27(26)36)43-32(45(29)20-25)33-44(4)13-15-47-33/h6-9,12-17,21-22,25,31,33,39-40,46H,5,10-11,18-20H2,1-4H3/b24-16-/t21?,22?,25-,31-,33?,35?/m0/s1. The number of aromatic nitrogens is 1. The van der Waals surface area contributed by atoms with Gasteiger partial charge in [0.15, 0.2) is 0 Å². The van der Waals surface area contributed by atoms with E-state index in [9.17, 15) is 13.9 Å². The monoisotopic (exact) mass is 713 g/mol. The summed E-state index contributed by atoms with van der Waals surface area (Å²) in [5.41, 5.74) is 3.00. The van der Waals surface area contributed by atoms with E-state index in [1.54, 1.807) is 24.0 Å². The second-order valence-corrected chi connectivity index (χ2v) is 15.0. The Labute approximate surface area is 294 Å². The molecule has 3 N–H and O–H groups in total. The molecule has 0 spiro atoms. The zero-order valence-electron chi connectivity index (χ0n) is 27.5. The molecule has 256 valence electrons. The SMILES string of the molecule is CCC(O)(CC(C)NCCN[C@H]1CC2=C(C3=N/C(=C\C(C)F)C=C3)[C@H](c3ccc(F)cc3Cl)N=C(C3SC=CN3C)N2C1)c1nccs1. The van der Waals surface area contributed by atoms with E-state index in [0.717, 1.165) is 41.6 Å². The van der Waals surface area contributed by atoms with Crippen LogP contribution in [0.3, 0.4) is 0 Å². The maximum atomic E-state index is 14.2. The highest BCUT2D eigenvalue weighted by Gasteiger charge is 2.43. The van der Waals surface area contributed by atoms with Crippen LogP contribution in [0.2, 0.25) is 5.02 Å². The largest absolute Gasteiger partial charge is 0.383 e. The van der Waals surface area contributed by atoms with Crippen LogP contribution in [0.1, 0.15) is 56.6 Å². The van der Waals surface area contributed by atoms with Crippen LogP contribution < -0.4 is 10.6 Å². The smallest absolute Gasteiger partial charge is 0.138 e. The number of halogens is 3. The second kappa shape index (κ2) is 14.9. The molecule has 4 aliphatic heterocycles. The number of rotatable bonds is 13. The minimum atomic E-state index is -1.14. The van der Waals surface area contributed by atoms with Crippen LogP contribution in [0.25, 0.3) is 0 Å². The van der Waals surface area contributed by atoms with Gasteiger partial charge in [0.05, 0.1) is 11.4 Å². The molecule has 6 atom stereocenters. The van der Waals surface area contributed by atoms with Gasteiger partial charge < -0.3 is 25.5 Å². The number of hydrogen-bond donors (Lipinski definition) is 3. The van der Waals surface area contributed by atoms with Crippen LogP contribution in [-0.4, -0.2) is 81.7 Å². The van der Waals surface area contributed by atoms with E-state index >= 15 is 0 Å². The molecular weight excluding hydrogens is 672 g/mol. The molecule has 0 bridgehead atoms. The van der Waals surface area contributed by atoms with Crippen LogP contribution >= 0.6 is 34.7 Å².